The molecule has 0 fully saturated rings. The van der Waals surface area contributed by atoms with Crippen LogP contribution in [0, 0.1) is 12.7 Å². The van der Waals surface area contributed by atoms with Gasteiger partial charge in [0.15, 0.2) is 0 Å². The highest BCUT2D eigenvalue weighted by atomic mass is 32.2. The average molecular weight is 526 g/mol. The smallest absolute Gasteiger partial charge is 0.337 e. The Morgan fingerprint density at radius 1 is 1.00 bits per heavy atom. The number of nitrogens with zero attached hydrogens (tertiary/aromatic N) is 1. The lowest BCUT2D eigenvalue weighted by atomic mass is 9.80. The zero-order chi connectivity index (χ0) is 26.9. The maximum atomic E-state index is 15.2. The van der Waals surface area contributed by atoms with Crippen LogP contribution in [0.4, 0.5) is 4.39 Å². The summed E-state index contributed by atoms with van der Waals surface area (Å²) in [5.41, 5.74) is 0.652. The van der Waals surface area contributed by atoms with E-state index in [0.717, 1.165) is 11.6 Å². The number of benzene rings is 3. The summed E-state index contributed by atoms with van der Waals surface area (Å²) in [7, 11) is -3.32. The van der Waals surface area contributed by atoms with E-state index in [1.165, 1.54) is 55.6 Å². The van der Waals surface area contributed by atoms with Crippen LogP contribution in [-0.2, 0) is 24.3 Å². The van der Waals surface area contributed by atoms with Crippen LogP contribution < -0.4 is 0 Å². The number of carbonyl (C=O) groups is 3. The highest BCUT2D eigenvalue weighted by molar-refractivity contribution is 7.89. The van der Waals surface area contributed by atoms with Crippen molar-refractivity contribution in [1.82, 2.24) is 4.31 Å². The van der Waals surface area contributed by atoms with Crippen molar-refractivity contribution in [2.45, 2.75) is 30.7 Å². The molecule has 192 valence electrons. The van der Waals surface area contributed by atoms with Gasteiger partial charge in [-0.15, -0.1) is 0 Å². The molecule has 0 N–H and O–H groups in total. The molecule has 1 amide bonds. The number of hydrogen-bond donors (Lipinski definition) is 0. The molecular formula is C27H24FNO7S. The van der Waals surface area contributed by atoms with E-state index in [0.29, 0.717) is 4.31 Å². The standard InChI is InChI=1S/C27H24FNO7S/c1-4-36-27(32)23-22-20(6-5-7-21(22)28)25(30)29(37(33,34)19-14-8-16(2)9-15-19)24(23)17-10-12-18(13-11-17)26(31)35-3/h5-15,23-24H,4H2,1-3H3. The van der Waals surface area contributed by atoms with E-state index in [4.69, 9.17) is 9.47 Å². The van der Waals surface area contributed by atoms with Crippen LogP contribution in [0.1, 0.15) is 56.3 Å². The highest BCUT2D eigenvalue weighted by Crippen LogP contribution is 2.46. The van der Waals surface area contributed by atoms with Gasteiger partial charge in [0.25, 0.3) is 15.9 Å². The molecule has 0 spiro atoms. The van der Waals surface area contributed by atoms with Crippen LogP contribution in [-0.4, -0.2) is 44.3 Å². The van der Waals surface area contributed by atoms with Crippen molar-refractivity contribution in [2.75, 3.05) is 13.7 Å². The minimum Gasteiger partial charge on any atom is -0.465 e. The Balaban J connectivity index is 2.01. The Morgan fingerprint density at radius 2 is 1.65 bits per heavy atom. The van der Waals surface area contributed by atoms with E-state index in [1.54, 1.807) is 26.0 Å². The van der Waals surface area contributed by atoms with E-state index in [1.807, 2.05) is 0 Å². The average Bonchev–Trinajstić information content (AvgIpc) is 2.88. The van der Waals surface area contributed by atoms with E-state index in [2.05, 4.69) is 0 Å². The number of rotatable bonds is 6. The van der Waals surface area contributed by atoms with Crippen LogP contribution in [0.2, 0.25) is 0 Å². The SMILES string of the molecule is CCOC(=O)C1c2c(F)cccc2C(=O)N(S(=O)(=O)c2ccc(C)cc2)C1c1ccc(C(=O)OC)cc1. The van der Waals surface area contributed by atoms with Gasteiger partial charge in [-0.05, 0) is 55.8 Å². The van der Waals surface area contributed by atoms with Gasteiger partial charge in [-0.1, -0.05) is 35.9 Å². The second kappa shape index (κ2) is 10.1. The Hall–Kier alpha value is -4.05. The van der Waals surface area contributed by atoms with Gasteiger partial charge in [-0.25, -0.2) is 21.9 Å². The van der Waals surface area contributed by atoms with Crippen LogP contribution in [0.15, 0.2) is 71.6 Å². The third-order valence-electron chi connectivity index (χ3n) is 6.15. The number of amides is 1. The molecule has 2 atom stereocenters. The first kappa shape index (κ1) is 26.0. The zero-order valence-electron chi connectivity index (χ0n) is 20.3. The number of hydrogen-bond acceptors (Lipinski definition) is 7. The minimum atomic E-state index is -4.53. The molecule has 37 heavy (non-hydrogen) atoms. The van der Waals surface area contributed by atoms with E-state index >= 15 is 4.39 Å². The molecule has 3 aromatic rings. The number of sulfonamides is 1. The van der Waals surface area contributed by atoms with Crippen LogP contribution in [0.5, 0.6) is 0 Å². The molecule has 0 saturated heterocycles. The summed E-state index contributed by atoms with van der Waals surface area (Å²) in [5.74, 6) is -4.86. The topological polar surface area (TPSA) is 107 Å². The van der Waals surface area contributed by atoms with Crippen molar-refractivity contribution in [3.63, 3.8) is 0 Å². The van der Waals surface area contributed by atoms with Gasteiger partial charge in [0.05, 0.1) is 30.2 Å². The molecule has 0 radical (unpaired) electrons. The van der Waals surface area contributed by atoms with Gasteiger partial charge in [0.1, 0.15) is 11.7 Å². The Bertz CT molecular complexity index is 1470. The zero-order valence-corrected chi connectivity index (χ0v) is 21.1. The monoisotopic (exact) mass is 525 g/mol. The number of methoxy groups -OCH3 is 1. The molecule has 0 saturated carbocycles. The predicted octanol–water partition coefficient (Wildman–Crippen LogP) is 4.15. The third kappa shape index (κ3) is 4.60. The largest absolute Gasteiger partial charge is 0.465 e. The highest BCUT2D eigenvalue weighted by Gasteiger charge is 2.51. The fraction of sp³-hybridized carbons (Fsp3) is 0.222. The maximum absolute atomic E-state index is 15.2. The molecule has 0 aliphatic carbocycles. The van der Waals surface area contributed by atoms with Gasteiger partial charge < -0.3 is 9.47 Å². The van der Waals surface area contributed by atoms with E-state index < -0.39 is 45.6 Å². The molecular weight excluding hydrogens is 501 g/mol. The van der Waals surface area contributed by atoms with Crippen molar-refractivity contribution in [2.24, 2.45) is 0 Å². The fourth-order valence-corrected chi connectivity index (χ4v) is 5.97. The van der Waals surface area contributed by atoms with Crippen LogP contribution >= 0.6 is 0 Å². The molecule has 10 heteroatoms. The number of aryl methyl sites for hydroxylation is 1. The Kier molecular flexibility index (Phi) is 7.13. The summed E-state index contributed by atoms with van der Waals surface area (Å²) < 4.78 is 53.6. The Labute approximate surface area is 213 Å². The normalized spacial score (nSPS) is 17.2. The quantitative estimate of drug-likeness (QED) is 0.445. The first-order chi connectivity index (χ1) is 17.6. The number of esters is 2. The molecule has 1 aliphatic heterocycles. The summed E-state index contributed by atoms with van der Waals surface area (Å²) >= 11 is 0. The lowest BCUT2D eigenvalue weighted by molar-refractivity contribution is -0.146. The third-order valence-corrected chi connectivity index (χ3v) is 7.93. The van der Waals surface area contributed by atoms with Crippen molar-refractivity contribution in [1.29, 1.82) is 0 Å². The molecule has 1 aliphatic rings. The summed E-state index contributed by atoms with van der Waals surface area (Å²) in [6.45, 7) is 3.30. The van der Waals surface area contributed by atoms with E-state index in [9.17, 15) is 22.8 Å². The number of ether oxygens (including phenoxy) is 2. The second-order valence-corrected chi connectivity index (χ2v) is 10.2. The maximum Gasteiger partial charge on any atom is 0.337 e. The number of carbonyl (C=O) groups excluding carboxylic acids is 3. The summed E-state index contributed by atoms with van der Waals surface area (Å²) in [6, 6.07) is 13.6. The summed E-state index contributed by atoms with van der Waals surface area (Å²) in [5, 5.41) is 0. The predicted molar refractivity (Wildman–Crippen MR) is 131 cm³/mol. The minimum absolute atomic E-state index is 0.0498. The molecule has 2 unspecified atom stereocenters. The number of halogens is 1. The lowest BCUT2D eigenvalue weighted by Crippen LogP contribution is -2.48. The molecule has 0 aromatic heterocycles. The Morgan fingerprint density at radius 3 is 2.24 bits per heavy atom. The summed E-state index contributed by atoms with van der Waals surface area (Å²) in [4.78, 5) is 38.8. The van der Waals surface area contributed by atoms with Gasteiger partial charge in [0.2, 0.25) is 0 Å². The lowest BCUT2D eigenvalue weighted by Gasteiger charge is -2.40. The first-order valence-corrected chi connectivity index (χ1v) is 12.8. The number of fused-ring (bicyclic) bond motifs is 1. The van der Waals surface area contributed by atoms with Crippen molar-refractivity contribution >= 4 is 27.9 Å². The van der Waals surface area contributed by atoms with Crippen molar-refractivity contribution < 1.29 is 36.7 Å². The summed E-state index contributed by atoms with van der Waals surface area (Å²) in [6.07, 6.45) is 0. The van der Waals surface area contributed by atoms with Crippen LogP contribution in [0.3, 0.4) is 0 Å². The van der Waals surface area contributed by atoms with E-state index in [-0.39, 0.29) is 33.8 Å². The molecule has 0 bridgehead atoms. The van der Waals surface area contributed by atoms with Crippen molar-refractivity contribution in [3.8, 4) is 0 Å². The molecule has 4 rings (SSSR count). The van der Waals surface area contributed by atoms with Gasteiger partial charge in [0, 0.05) is 11.1 Å². The van der Waals surface area contributed by atoms with Crippen molar-refractivity contribution in [3.05, 3.63) is 100 Å². The van der Waals surface area contributed by atoms with Gasteiger partial charge in [-0.2, -0.15) is 0 Å². The van der Waals surface area contributed by atoms with Gasteiger partial charge >= 0.3 is 11.9 Å². The second-order valence-electron chi connectivity index (χ2n) is 8.41. The molecule has 8 nitrogen and oxygen atoms in total. The molecule has 1 heterocycles. The first-order valence-electron chi connectivity index (χ1n) is 11.4. The fourth-order valence-electron chi connectivity index (χ4n) is 4.40. The van der Waals surface area contributed by atoms with Crippen LogP contribution in [0.25, 0.3) is 0 Å². The van der Waals surface area contributed by atoms with Gasteiger partial charge in [-0.3, -0.25) is 9.59 Å². The molecule has 3 aromatic carbocycles.